The number of aryl methyl sites for hydroxylation is 2. The second-order valence-corrected chi connectivity index (χ2v) is 6.04. The SMILES string of the molecule is Cc1noc(C)c1CNc1cccc(C(=O)N2CCC[C@@H]2CO)n1. The molecule has 0 unspecified atom stereocenters. The van der Waals surface area contributed by atoms with Gasteiger partial charge in [0.15, 0.2) is 0 Å². The van der Waals surface area contributed by atoms with Crippen LogP contribution in [0.3, 0.4) is 0 Å². The molecule has 1 saturated heterocycles. The van der Waals surface area contributed by atoms with E-state index in [9.17, 15) is 9.90 Å². The minimum Gasteiger partial charge on any atom is -0.394 e. The molecular weight excluding hydrogens is 308 g/mol. The number of hydrogen-bond acceptors (Lipinski definition) is 6. The van der Waals surface area contributed by atoms with E-state index in [2.05, 4.69) is 15.5 Å². The monoisotopic (exact) mass is 330 g/mol. The highest BCUT2D eigenvalue weighted by molar-refractivity contribution is 5.93. The fourth-order valence-electron chi connectivity index (χ4n) is 3.03. The van der Waals surface area contributed by atoms with Crippen LogP contribution in [0.25, 0.3) is 0 Å². The molecule has 7 nitrogen and oxygen atoms in total. The molecule has 0 aliphatic carbocycles. The Hall–Kier alpha value is -2.41. The van der Waals surface area contributed by atoms with Crippen molar-refractivity contribution in [2.75, 3.05) is 18.5 Å². The van der Waals surface area contributed by atoms with Crippen LogP contribution in [0.4, 0.5) is 5.82 Å². The van der Waals surface area contributed by atoms with Crippen molar-refractivity contribution in [1.29, 1.82) is 0 Å². The summed E-state index contributed by atoms with van der Waals surface area (Å²) in [5.41, 5.74) is 2.22. The van der Waals surface area contributed by atoms with Crippen LogP contribution in [-0.2, 0) is 6.54 Å². The van der Waals surface area contributed by atoms with Crippen molar-refractivity contribution >= 4 is 11.7 Å². The van der Waals surface area contributed by atoms with E-state index < -0.39 is 0 Å². The number of amides is 1. The predicted octanol–water partition coefficient (Wildman–Crippen LogP) is 1.90. The van der Waals surface area contributed by atoms with Gasteiger partial charge in [-0.25, -0.2) is 4.98 Å². The number of aromatic nitrogens is 2. The van der Waals surface area contributed by atoms with Crippen LogP contribution in [0, 0.1) is 13.8 Å². The van der Waals surface area contributed by atoms with Crippen LogP contribution in [0.5, 0.6) is 0 Å². The molecule has 1 amide bonds. The fourth-order valence-corrected chi connectivity index (χ4v) is 3.03. The van der Waals surface area contributed by atoms with E-state index in [4.69, 9.17) is 4.52 Å². The van der Waals surface area contributed by atoms with Crippen molar-refractivity contribution < 1.29 is 14.4 Å². The smallest absolute Gasteiger partial charge is 0.272 e. The molecule has 128 valence electrons. The van der Waals surface area contributed by atoms with Crippen LogP contribution < -0.4 is 5.32 Å². The van der Waals surface area contributed by atoms with E-state index in [1.807, 2.05) is 19.9 Å². The van der Waals surface area contributed by atoms with Gasteiger partial charge in [0, 0.05) is 18.7 Å². The first kappa shape index (κ1) is 16.4. The summed E-state index contributed by atoms with van der Waals surface area (Å²) in [6.07, 6.45) is 1.76. The first-order valence-corrected chi connectivity index (χ1v) is 8.14. The molecule has 0 aromatic carbocycles. The van der Waals surface area contributed by atoms with Gasteiger partial charge in [0.1, 0.15) is 17.3 Å². The Balaban J connectivity index is 1.71. The van der Waals surface area contributed by atoms with Gasteiger partial charge in [-0.05, 0) is 38.8 Å². The molecular formula is C17H22N4O3. The van der Waals surface area contributed by atoms with Crippen molar-refractivity contribution in [2.45, 2.75) is 39.3 Å². The molecule has 1 aliphatic rings. The number of carbonyl (C=O) groups excluding carboxylic acids is 1. The number of aliphatic hydroxyl groups is 1. The average Bonchev–Trinajstić information content (AvgIpc) is 3.19. The molecule has 1 fully saturated rings. The standard InChI is InChI=1S/C17H22N4O3/c1-11-14(12(2)24-20-11)9-18-16-7-3-6-15(19-16)17(23)21-8-4-5-13(21)10-22/h3,6-7,13,22H,4-5,8-10H2,1-2H3,(H,18,19)/t13-/m1/s1. The number of rotatable bonds is 5. The zero-order chi connectivity index (χ0) is 17.1. The Kier molecular flexibility index (Phi) is 4.80. The summed E-state index contributed by atoms with van der Waals surface area (Å²) in [5, 5.41) is 16.5. The number of nitrogens with one attached hydrogen (secondary N) is 1. The molecule has 0 bridgehead atoms. The summed E-state index contributed by atoms with van der Waals surface area (Å²) >= 11 is 0. The Labute approximate surface area is 140 Å². The average molecular weight is 330 g/mol. The number of nitrogens with zero attached hydrogens (tertiary/aromatic N) is 3. The quantitative estimate of drug-likeness (QED) is 0.870. The number of pyridine rings is 1. The van der Waals surface area contributed by atoms with Gasteiger partial charge in [0.25, 0.3) is 5.91 Å². The van der Waals surface area contributed by atoms with Gasteiger partial charge in [-0.15, -0.1) is 0 Å². The number of aliphatic hydroxyl groups excluding tert-OH is 1. The van der Waals surface area contributed by atoms with Crippen molar-refractivity contribution in [3.8, 4) is 0 Å². The van der Waals surface area contributed by atoms with E-state index in [1.54, 1.807) is 17.0 Å². The topological polar surface area (TPSA) is 91.5 Å². The minimum atomic E-state index is -0.132. The second kappa shape index (κ2) is 7.00. The summed E-state index contributed by atoms with van der Waals surface area (Å²) in [6, 6.07) is 5.23. The normalized spacial score (nSPS) is 17.3. The fraction of sp³-hybridized carbons (Fsp3) is 0.471. The maximum absolute atomic E-state index is 12.6. The zero-order valence-corrected chi connectivity index (χ0v) is 14.0. The molecule has 0 spiro atoms. The van der Waals surface area contributed by atoms with Crippen molar-refractivity contribution in [3.63, 3.8) is 0 Å². The minimum absolute atomic E-state index is 0.00424. The van der Waals surface area contributed by atoms with Gasteiger partial charge in [0.2, 0.25) is 0 Å². The molecule has 3 heterocycles. The lowest BCUT2D eigenvalue weighted by Crippen LogP contribution is -2.38. The Bertz CT molecular complexity index is 709. The number of likely N-dealkylation sites (tertiary alicyclic amines) is 1. The molecule has 0 saturated carbocycles. The number of carbonyl (C=O) groups is 1. The maximum Gasteiger partial charge on any atom is 0.272 e. The van der Waals surface area contributed by atoms with E-state index in [1.165, 1.54) is 0 Å². The predicted molar refractivity (Wildman–Crippen MR) is 88.7 cm³/mol. The van der Waals surface area contributed by atoms with Gasteiger partial charge >= 0.3 is 0 Å². The lowest BCUT2D eigenvalue weighted by molar-refractivity contribution is 0.0672. The molecule has 2 aromatic rings. The largest absolute Gasteiger partial charge is 0.394 e. The lowest BCUT2D eigenvalue weighted by Gasteiger charge is -2.22. The first-order valence-electron chi connectivity index (χ1n) is 8.14. The van der Waals surface area contributed by atoms with E-state index in [-0.39, 0.29) is 18.6 Å². The van der Waals surface area contributed by atoms with Crippen LogP contribution >= 0.6 is 0 Å². The van der Waals surface area contributed by atoms with Crippen molar-refractivity contribution in [3.05, 3.63) is 40.9 Å². The molecule has 2 aromatic heterocycles. The number of hydrogen-bond donors (Lipinski definition) is 2. The first-order chi connectivity index (χ1) is 11.6. The molecule has 3 rings (SSSR count). The van der Waals surface area contributed by atoms with Gasteiger partial charge in [-0.2, -0.15) is 0 Å². The Morgan fingerprint density at radius 2 is 2.29 bits per heavy atom. The third-order valence-corrected chi connectivity index (χ3v) is 4.44. The summed E-state index contributed by atoms with van der Waals surface area (Å²) < 4.78 is 5.14. The number of anilines is 1. The molecule has 1 atom stereocenters. The van der Waals surface area contributed by atoms with Gasteiger partial charge in [0.05, 0.1) is 18.3 Å². The second-order valence-electron chi connectivity index (χ2n) is 6.04. The zero-order valence-electron chi connectivity index (χ0n) is 14.0. The van der Waals surface area contributed by atoms with Gasteiger partial charge in [-0.1, -0.05) is 11.2 Å². The van der Waals surface area contributed by atoms with Crippen molar-refractivity contribution in [2.24, 2.45) is 0 Å². The molecule has 1 aliphatic heterocycles. The lowest BCUT2D eigenvalue weighted by atomic mass is 10.2. The van der Waals surface area contributed by atoms with Crippen LogP contribution in [0.2, 0.25) is 0 Å². The molecule has 0 radical (unpaired) electrons. The van der Waals surface area contributed by atoms with Crippen molar-refractivity contribution in [1.82, 2.24) is 15.0 Å². The van der Waals surface area contributed by atoms with Crippen LogP contribution in [0.15, 0.2) is 22.7 Å². The van der Waals surface area contributed by atoms with Crippen LogP contribution in [-0.4, -0.2) is 45.2 Å². The van der Waals surface area contributed by atoms with E-state index >= 15 is 0 Å². The highest BCUT2D eigenvalue weighted by Crippen LogP contribution is 2.20. The third kappa shape index (κ3) is 3.26. The van der Waals surface area contributed by atoms with Gasteiger partial charge < -0.3 is 19.8 Å². The van der Waals surface area contributed by atoms with Crippen LogP contribution in [0.1, 0.15) is 40.3 Å². The van der Waals surface area contributed by atoms with Gasteiger partial charge in [-0.3, -0.25) is 4.79 Å². The third-order valence-electron chi connectivity index (χ3n) is 4.44. The van der Waals surface area contributed by atoms with E-state index in [0.29, 0.717) is 24.6 Å². The maximum atomic E-state index is 12.6. The molecule has 2 N–H and O–H groups in total. The Morgan fingerprint density at radius 3 is 3.00 bits per heavy atom. The summed E-state index contributed by atoms with van der Waals surface area (Å²) in [5.74, 6) is 1.27. The highest BCUT2D eigenvalue weighted by Gasteiger charge is 2.29. The summed E-state index contributed by atoms with van der Waals surface area (Å²) in [7, 11) is 0. The van der Waals surface area contributed by atoms with E-state index in [0.717, 1.165) is 29.9 Å². The summed E-state index contributed by atoms with van der Waals surface area (Å²) in [6.45, 7) is 4.96. The summed E-state index contributed by atoms with van der Waals surface area (Å²) in [4.78, 5) is 18.7. The highest BCUT2D eigenvalue weighted by atomic mass is 16.5. The molecule has 7 heteroatoms. The molecule has 24 heavy (non-hydrogen) atoms. The Morgan fingerprint density at radius 1 is 1.46 bits per heavy atom.